The molecule has 8 nitrogen and oxygen atoms in total. The molecule has 0 bridgehead atoms. The summed E-state index contributed by atoms with van der Waals surface area (Å²) in [6.07, 6.45) is 0. The van der Waals surface area contributed by atoms with E-state index in [1.807, 2.05) is 6.07 Å². The lowest BCUT2D eigenvalue weighted by Gasteiger charge is -2.08. The number of carbonyl (C=O) groups excluding carboxylic acids is 3. The number of hydrogen-bond donors (Lipinski definition) is 2. The number of carbonyl (C=O) groups is 3. The first-order valence-electron chi connectivity index (χ1n) is 8.41. The Morgan fingerprint density at radius 2 is 1.68 bits per heavy atom. The van der Waals surface area contributed by atoms with Crippen molar-refractivity contribution in [2.45, 2.75) is 6.61 Å². The fraction of sp³-hybridized carbons (Fsp3) is 0.150. The number of furan rings is 1. The van der Waals surface area contributed by atoms with Crippen LogP contribution >= 0.6 is 0 Å². The van der Waals surface area contributed by atoms with Crippen molar-refractivity contribution in [2.75, 3.05) is 13.7 Å². The number of hydrazine groups is 1. The van der Waals surface area contributed by atoms with Gasteiger partial charge in [0.15, 0.2) is 6.61 Å². The van der Waals surface area contributed by atoms with E-state index in [0.717, 1.165) is 5.39 Å². The van der Waals surface area contributed by atoms with Crippen molar-refractivity contribution in [1.29, 1.82) is 0 Å². The molecule has 0 saturated carbocycles. The highest BCUT2D eigenvalue weighted by molar-refractivity contribution is 5.97. The van der Waals surface area contributed by atoms with Crippen LogP contribution in [0.2, 0.25) is 0 Å². The third kappa shape index (κ3) is 4.36. The van der Waals surface area contributed by atoms with Crippen molar-refractivity contribution in [3.8, 4) is 0 Å². The Balaban J connectivity index is 1.58. The van der Waals surface area contributed by atoms with E-state index in [4.69, 9.17) is 13.9 Å². The van der Waals surface area contributed by atoms with Crippen LogP contribution in [0.3, 0.4) is 0 Å². The molecule has 144 valence electrons. The van der Waals surface area contributed by atoms with Crippen molar-refractivity contribution in [1.82, 2.24) is 10.9 Å². The molecule has 2 N–H and O–H groups in total. The van der Waals surface area contributed by atoms with Gasteiger partial charge in [-0.15, -0.1) is 0 Å². The van der Waals surface area contributed by atoms with Gasteiger partial charge in [0, 0.05) is 23.6 Å². The highest BCUT2D eigenvalue weighted by Crippen LogP contribution is 2.27. The lowest BCUT2D eigenvalue weighted by atomic mass is 10.1. The molecule has 0 saturated heterocycles. The zero-order valence-electron chi connectivity index (χ0n) is 15.1. The molecule has 2 aromatic carbocycles. The largest absolute Gasteiger partial charge is 0.450 e. The van der Waals surface area contributed by atoms with Gasteiger partial charge in [0.25, 0.3) is 11.8 Å². The average Bonchev–Trinajstić information content (AvgIpc) is 3.10. The van der Waals surface area contributed by atoms with Gasteiger partial charge in [-0.25, -0.2) is 4.79 Å². The number of nitrogens with one attached hydrogen (secondary N) is 2. The van der Waals surface area contributed by atoms with Gasteiger partial charge in [-0.05, 0) is 18.2 Å². The fourth-order valence-corrected chi connectivity index (χ4v) is 2.57. The molecule has 0 radical (unpaired) electrons. The van der Waals surface area contributed by atoms with E-state index in [9.17, 15) is 14.4 Å². The van der Waals surface area contributed by atoms with Gasteiger partial charge in [0.05, 0.1) is 6.61 Å². The summed E-state index contributed by atoms with van der Waals surface area (Å²) in [7, 11) is 1.50. The molecule has 0 fully saturated rings. The van der Waals surface area contributed by atoms with E-state index in [1.165, 1.54) is 7.11 Å². The first kappa shape index (κ1) is 19.1. The number of ether oxygens (including phenoxy) is 2. The monoisotopic (exact) mass is 382 g/mol. The van der Waals surface area contributed by atoms with Gasteiger partial charge in [-0.3, -0.25) is 20.4 Å². The minimum absolute atomic E-state index is 0.0239. The summed E-state index contributed by atoms with van der Waals surface area (Å²) in [6, 6.07) is 15.5. The summed E-state index contributed by atoms with van der Waals surface area (Å²) in [5.74, 6) is -2.00. The summed E-state index contributed by atoms with van der Waals surface area (Å²) < 4.78 is 15.7. The topological polar surface area (TPSA) is 107 Å². The number of amides is 2. The first-order chi connectivity index (χ1) is 13.6. The average molecular weight is 382 g/mol. The number of rotatable bonds is 6. The molecular formula is C20H18N2O6. The second-order valence-electron chi connectivity index (χ2n) is 5.78. The maximum Gasteiger partial charge on any atom is 0.375 e. The minimum atomic E-state index is -0.798. The Hall–Kier alpha value is -3.65. The van der Waals surface area contributed by atoms with E-state index in [0.29, 0.717) is 16.7 Å². The van der Waals surface area contributed by atoms with E-state index in [-0.39, 0.29) is 12.4 Å². The number of esters is 1. The van der Waals surface area contributed by atoms with Crippen LogP contribution in [0.15, 0.2) is 59.0 Å². The van der Waals surface area contributed by atoms with Crippen LogP contribution in [-0.4, -0.2) is 31.5 Å². The maximum atomic E-state index is 12.3. The number of hydrogen-bond acceptors (Lipinski definition) is 6. The molecule has 8 heteroatoms. The van der Waals surface area contributed by atoms with Crippen molar-refractivity contribution >= 4 is 28.8 Å². The number of methoxy groups -OCH3 is 1. The normalized spacial score (nSPS) is 10.5. The van der Waals surface area contributed by atoms with Crippen LogP contribution in [-0.2, 0) is 20.9 Å². The van der Waals surface area contributed by atoms with Gasteiger partial charge in [0.2, 0.25) is 5.76 Å². The van der Waals surface area contributed by atoms with Crippen LogP contribution in [0, 0.1) is 0 Å². The summed E-state index contributed by atoms with van der Waals surface area (Å²) in [5.41, 5.74) is 5.86. The van der Waals surface area contributed by atoms with Gasteiger partial charge >= 0.3 is 5.97 Å². The van der Waals surface area contributed by atoms with E-state index in [2.05, 4.69) is 10.9 Å². The fourth-order valence-electron chi connectivity index (χ4n) is 2.57. The van der Waals surface area contributed by atoms with Crippen LogP contribution in [0.5, 0.6) is 0 Å². The highest BCUT2D eigenvalue weighted by Gasteiger charge is 2.22. The van der Waals surface area contributed by atoms with Crippen molar-refractivity contribution < 1.29 is 28.3 Å². The number of benzene rings is 2. The van der Waals surface area contributed by atoms with Gasteiger partial charge < -0.3 is 13.9 Å². The Kier molecular flexibility index (Phi) is 6.03. The van der Waals surface area contributed by atoms with E-state index in [1.54, 1.807) is 48.5 Å². The quantitative estimate of drug-likeness (QED) is 0.500. The lowest BCUT2D eigenvalue weighted by Crippen LogP contribution is -2.43. The van der Waals surface area contributed by atoms with Crippen molar-refractivity contribution in [2.24, 2.45) is 0 Å². The van der Waals surface area contributed by atoms with E-state index >= 15 is 0 Å². The van der Waals surface area contributed by atoms with Crippen molar-refractivity contribution in [3.63, 3.8) is 0 Å². The van der Waals surface area contributed by atoms with E-state index < -0.39 is 24.4 Å². The van der Waals surface area contributed by atoms with Crippen LogP contribution in [0.25, 0.3) is 11.0 Å². The zero-order chi connectivity index (χ0) is 19.9. The number of para-hydroxylation sites is 1. The second kappa shape index (κ2) is 8.83. The summed E-state index contributed by atoms with van der Waals surface area (Å²) in [6.45, 7) is -0.432. The third-order valence-electron chi connectivity index (χ3n) is 3.86. The smallest absolute Gasteiger partial charge is 0.375 e. The highest BCUT2D eigenvalue weighted by atomic mass is 16.5. The summed E-state index contributed by atoms with van der Waals surface area (Å²) >= 11 is 0. The standard InChI is InChI=1S/C20H18N2O6/c1-26-11-15-14-9-5-6-10-16(14)28-18(15)20(25)27-12-17(23)21-22-19(24)13-7-3-2-4-8-13/h2-10H,11-12H2,1H3,(H,21,23)(H,22,24). The molecule has 0 unspecified atom stereocenters. The maximum absolute atomic E-state index is 12.3. The summed E-state index contributed by atoms with van der Waals surface area (Å²) in [4.78, 5) is 36.0. The molecule has 1 heterocycles. The molecule has 0 aliphatic rings. The van der Waals surface area contributed by atoms with Crippen LogP contribution in [0.1, 0.15) is 26.5 Å². The Morgan fingerprint density at radius 3 is 2.43 bits per heavy atom. The molecule has 1 aromatic heterocycles. The van der Waals surface area contributed by atoms with Gasteiger partial charge in [-0.2, -0.15) is 0 Å². The Bertz CT molecular complexity index is 996. The molecule has 0 atom stereocenters. The molecule has 0 aliphatic carbocycles. The predicted molar refractivity (Wildman–Crippen MR) is 99.3 cm³/mol. The molecule has 2 amide bonds. The Labute approximate surface area is 160 Å². The lowest BCUT2D eigenvalue weighted by molar-refractivity contribution is -0.125. The molecular weight excluding hydrogens is 364 g/mol. The van der Waals surface area contributed by atoms with Crippen LogP contribution in [0.4, 0.5) is 0 Å². The molecule has 3 aromatic rings. The molecule has 3 rings (SSSR count). The Morgan fingerprint density at radius 1 is 0.964 bits per heavy atom. The van der Waals surface area contributed by atoms with Crippen LogP contribution < -0.4 is 10.9 Å². The van der Waals surface area contributed by atoms with Gasteiger partial charge in [-0.1, -0.05) is 36.4 Å². The minimum Gasteiger partial charge on any atom is -0.450 e. The SMILES string of the molecule is COCc1c(C(=O)OCC(=O)NNC(=O)c2ccccc2)oc2ccccc12. The molecule has 0 aliphatic heterocycles. The van der Waals surface area contributed by atoms with Gasteiger partial charge in [0.1, 0.15) is 5.58 Å². The summed E-state index contributed by atoms with van der Waals surface area (Å²) in [5, 5.41) is 0.732. The number of fused-ring (bicyclic) bond motifs is 1. The van der Waals surface area contributed by atoms with Crippen molar-refractivity contribution in [3.05, 3.63) is 71.5 Å². The second-order valence-corrected chi connectivity index (χ2v) is 5.78. The first-order valence-corrected chi connectivity index (χ1v) is 8.41. The third-order valence-corrected chi connectivity index (χ3v) is 3.86. The molecule has 0 spiro atoms. The molecule has 28 heavy (non-hydrogen) atoms. The zero-order valence-corrected chi connectivity index (χ0v) is 15.1. The predicted octanol–water partition coefficient (Wildman–Crippen LogP) is 2.20.